The summed E-state index contributed by atoms with van der Waals surface area (Å²) in [5.74, 6) is 0.420. The van der Waals surface area contributed by atoms with Crippen LogP contribution in [-0.2, 0) is 6.42 Å². The molecular weight excluding hydrogens is 239 g/mol. The van der Waals surface area contributed by atoms with Gasteiger partial charge < -0.3 is 4.98 Å². The number of nitrogens with one attached hydrogen (secondary N) is 1. The Balaban J connectivity index is 1.95. The summed E-state index contributed by atoms with van der Waals surface area (Å²) in [7, 11) is 0. The minimum absolute atomic E-state index is 0.203. The number of aromatic amines is 1. The number of H-pyrrole nitrogens is 1. The lowest BCUT2D eigenvalue weighted by atomic mass is 10.2. The first kappa shape index (κ1) is 11.9. The molecule has 0 aliphatic rings. The summed E-state index contributed by atoms with van der Waals surface area (Å²) in [5, 5.41) is 0.420. The van der Waals surface area contributed by atoms with E-state index in [-0.39, 0.29) is 11.4 Å². The van der Waals surface area contributed by atoms with E-state index in [1.807, 2.05) is 0 Å². The largest absolute Gasteiger partial charge is 0.325 e. The van der Waals surface area contributed by atoms with Crippen molar-refractivity contribution in [1.82, 2.24) is 9.97 Å². The molecule has 0 aliphatic heterocycles. The van der Waals surface area contributed by atoms with Gasteiger partial charge in [-0.3, -0.25) is 4.79 Å². The van der Waals surface area contributed by atoms with Gasteiger partial charge in [0.1, 0.15) is 5.82 Å². The van der Waals surface area contributed by atoms with E-state index in [1.165, 1.54) is 30.2 Å². The molecule has 0 saturated heterocycles. The van der Waals surface area contributed by atoms with Crippen molar-refractivity contribution in [2.75, 3.05) is 5.75 Å². The molecule has 17 heavy (non-hydrogen) atoms. The lowest BCUT2D eigenvalue weighted by Gasteiger charge is -2.02. The van der Waals surface area contributed by atoms with Crippen LogP contribution in [0.4, 0.5) is 4.39 Å². The number of benzene rings is 1. The Hall–Kier alpha value is -1.62. The molecule has 1 N–H and O–H groups in total. The quantitative estimate of drug-likeness (QED) is 0.846. The van der Waals surface area contributed by atoms with Crippen LogP contribution in [0.3, 0.4) is 0 Å². The van der Waals surface area contributed by atoms with Crippen molar-refractivity contribution in [3.63, 3.8) is 0 Å². The monoisotopic (exact) mass is 250 g/mol. The van der Waals surface area contributed by atoms with E-state index in [0.29, 0.717) is 22.8 Å². The van der Waals surface area contributed by atoms with Gasteiger partial charge in [0.25, 0.3) is 5.56 Å². The first-order chi connectivity index (χ1) is 8.27. The lowest BCUT2D eigenvalue weighted by Crippen LogP contribution is -2.09. The highest BCUT2D eigenvalue weighted by Crippen LogP contribution is 2.14. The predicted molar refractivity (Wildman–Crippen MR) is 65.7 cm³/mol. The Kier molecular flexibility index (Phi) is 3.93. The fourth-order valence-electron chi connectivity index (χ4n) is 1.40. The first-order valence-electron chi connectivity index (χ1n) is 5.17. The van der Waals surface area contributed by atoms with E-state index in [4.69, 9.17) is 0 Å². The second-order valence-corrected chi connectivity index (χ2v) is 4.50. The van der Waals surface area contributed by atoms with E-state index in [1.54, 1.807) is 18.2 Å². The second-order valence-electron chi connectivity index (χ2n) is 3.41. The van der Waals surface area contributed by atoms with Gasteiger partial charge in [0.05, 0.1) is 0 Å². The van der Waals surface area contributed by atoms with Gasteiger partial charge in [-0.05, 0) is 18.1 Å². The molecule has 0 saturated carbocycles. The molecule has 3 nitrogen and oxygen atoms in total. The zero-order chi connectivity index (χ0) is 12.1. The molecule has 1 aromatic heterocycles. The van der Waals surface area contributed by atoms with Crippen molar-refractivity contribution >= 4 is 11.8 Å². The number of halogens is 1. The number of aryl methyl sites for hydroxylation is 1. The van der Waals surface area contributed by atoms with Crippen molar-refractivity contribution in [3.05, 3.63) is 58.4 Å². The van der Waals surface area contributed by atoms with Crippen LogP contribution in [0.2, 0.25) is 0 Å². The molecule has 0 bridgehead atoms. The molecule has 2 aromatic rings. The topological polar surface area (TPSA) is 45.8 Å². The molecule has 2 rings (SSSR count). The number of rotatable bonds is 4. The average molecular weight is 250 g/mol. The van der Waals surface area contributed by atoms with Crippen molar-refractivity contribution in [2.24, 2.45) is 0 Å². The minimum Gasteiger partial charge on any atom is -0.325 e. The highest BCUT2D eigenvalue weighted by Gasteiger charge is 2.03. The summed E-state index contributed by atoms with van der Waals surface area (Å²) >= 11 is 1.33. The molecule has 1 aromatic carbocycles. The maximum absolute atomic E-state index is 13.3. The van der Waals surface area contributed by atoms with Gasteiger partial charge in [0.15, 0.2) is 5.03 Å². The Morgan fingerprint density at radius 2 is 2.18 bits per heavy atom. The Labute approximate surface area is 102 Å². The fraction of sp³-hybridized carbons (Fsp3) is 0.167. The van der Waals surface area contributed by atoms with Crippen molar-refractivity contribution < 1.29 is 4.39 Å². The van der Waals surface area contributed by atoms with E-state index in [9.17, 15) is 9.18 Å². The molecule has 0 amide bonds. The van der Waals surface area contributed by atoms with Crippen LogP contribution in [0.5, 0.6) is 0 Å². The second kappa shape index (κ2) is 5.63. The van der Waals surface area contributed by atoms with Gasteiger partial charge in [0.2, 0.25) is 0 Å². The van der Waals surface area contributed by atoms with Gasteiger partial charge in [-0.15, -0.1) is 11.8 Å². The van der Waals surface area contributed by atoms with E-state index >= 15 is 0 Å². The van der Waals surface area contributed by atoms with Gasteiger partial charge in [-0.25, -0.2) is 9.37 Å². The molecular formula is C12H11FN2OS. The van der Waals surface area contributed by atoms with Crippen LogP contribution in [0.15, 0.2) is 46.5 Å². The van der Waals surface area contributed by atoms with Crippen LogP contribution in [0.25, 0.3) is 0 Å². The number of nitrogens with zero attached hydrogens (tertiary/aromatic N) is 1. The van der Waals surface area contributed by atoms with E-state index < -0.39 is 0 Å². The Morgan fingerprint density at radius 3 is 2.94 bits per heavy atom. The molecule has 0 aliphatic carbocycles. The summed E-state index contributed by atoms with van der Waals surface area (Å²) < 4.78 is 13.3. The number of hydrogen-bond acceptors (Lipinski definition) is 3. The molecule has 0 unspecified atom stereocenters. The average Bonchev–Trinajstić information content (AvgIpc) is 2.34. The Bertz CT molecular complexity index is 556. The van der Waals surface area contributed by atoms with E-state index in [2.05, 4.69) is 9.97 Å². The third kappa shape index (κ3) is 3.17. The third-order valence-electron chi connectivity index (χ3n) is 2.24. The third-order valence-corrected chi connectivity index (χ3v) is 3.22. The normalized spacial score (nSPS) is 10.4. The van der Waals surface area contributed by atoms with Crippen LogP contribution >= 0.6 is 11.8 Å². The zero-order valence-electron chi connectivity index (χ0n) is 9.02. The van der Waals surface area contributed by atoms with Crippen LogP contribution < -0.4 is 5.56 Å². The predicted octanol–water partition coefficient (Wildman–Crippen LogP) is 2.24. The molecule has 88 valence electrons. The summed E-state index contributed by atoms with van der Waals surface area (Å²) in [6.45, 7) is 0. The zero-order valence-corrected chi connectivity index (χ0v) is 9.84. The van der Waals surface area contributed by atoms with Gasteiger partial charge >= 0.3 is 0 Å². The van der Waals surface area contributed by atoms with Crippen molar-refractivity contribution in [3.8, 4) is 0 Å². The molecule has 0 spiro atoms. The molecule has 5 heteroatoms. The maximum Gasteiger partial charge on any atom is 0.280 e. The maximum atomic E-state index is 13.3. The van der Waals surface area contributed by atoms with E-state index in [0.717, 1.165) is 0 Å². The summed E-state index contributed by atoms with van der Waals surface area (Å²) in [6, 6.07) is 6.65. The Morgan fingerprint density at radius 1 is 1.35 bits per heavy atom. The van der Waals surface area contributed by atoms with Gasteiger partial charge in [0, 0.05) is 18.1 Å². The number of aromatic nitrogens is 2. The summed E-state index contributed by atoms with van der Waals surface area (Å²) in [4.78, 5) is 17.8. The molecule has 0 fully saturated rings. The van der Waals surface area contributed by atoms with Gasteiger partial charge in [-0.2, -0.15) is 0 Å². The van der Waals surface area contributed by atoms with Crippen molar-refractivity contribution in [1.29, 1.82) is 0 Å². The highest BCUT2D eigenvalue weighted by molar-refractivity contribution is 7.99. The highest BCUT2D eigenvalue weighted by atomic mass is 32.2. The molecule has 1 heterocycles. The summed E-state index contributed by atoms with van der Waals surface area (Å²) in [6.07, 6.45) is 3.60. The minimum atomic E-state index is -0.206. The molecule has 0 atom stereocenters. The number of hydrogen-bond donors (Lipinski definition) is 1. The first-order valence-corrected chi connectivity index (χ1v) is 6.16. The van der Waals surface area contributed by atoms with Crippen LogP contribution in [0.1, 0.15) is 5.56 Å². The van der Waals surface area contributed by atoms with Crippen LogP contribution in [0, 0.1) is 5.82 Å². The van der Waals surface area contributed by atoms with Gasteiger partial charge in [-0.1, -0.05) is 18.2 Å². The van der Waals surface area contributed by atoms with Crippen LogP contribution in [-0.4, -0.2) is 15.7 Å². The van der Waals surface area contributed by atoms with Crippen molar-refractivity contribution in [2.45, 2.75) is 11.4 Å². The lowest BCUT2D eigenvalue weighted by molar-refractivity contribution is 0.612. The summed E-state index contributed by atoms with van der Waals surface area (Å²) in [5.41, 5.74) is 0.457. The number of thioether (sulfide) groups is 1. The SMILES string of the molecule is O=c1[nH]ccnc1SCCc1ccccc1F. The fourth-order valence-corrected chi connectivity index (χ4v) is 2.24. The smallest absolute Gasteiger partial charge is 0.280 e. The molecule has 0 radical (unpaired) electrons. The standard InChI is InChI=1S/C12H11FN2OS/c13-10-4-2-1-3-9(10)5-8-17-12-11(16)14-6-7-15-12/h1-4,6-7H,5,8H2,(H,14,16).